The number of allylic oxidation sites excluding steroid dienone is 4. The average Bonchev–Trinajstić information content (AvgIpc) is 1.90. The SMILES string of the molecule is CC1C=CC(CI)=CC1. The number of alkyl halides is 1. The minimum absolute atomic E-state index is 0.761. The molecule has 0 aromatic heterocycles. The van der Waals surface area contributed by atoms with Crippen molar-refractivity contribution in [2.24, 2.45) is 5.92 Å². The van der Waals surface area contributed by atoms with Crippen molar-refractivity contribution in [3.63, 3.8) is 0 Å². The van der Waals surface area contributed by atoms with E-state index in [2.05, 4.69) is 47.7 Å². The van der Waals surface area contributed by atoms with Crippen LogP contribution in [0.25, 0.3) is 0 Å². The summed E-state index contributed by atoms with van der Waals surface area (Å²) in [6, 6.07) is 0. The van der Waals surface area contributed by atoms with E-state index in [0.717, 1.165) is 10.3 Å². The van der Waals surface area contributed by atoms with E-state index in [1.807, 2.05) is 0 Å². The Balaban J connectivity index is 2.52. The predicted molar refractivity (Wildman–Crippen MR) is 49.9 cm³/mol. The molecule has 0 heterocycles. The minimum Gasteiger partial charge on any atom is -0.0812 e. The van der Waals surface area contributed by atoms with Crippen molar-refractivity contribution in [1.29, 1.82) is 0 Å². The van der Waals surface area contributed by atoms with E-state index in [1.54, 1.807) is 0 Å². The van der Waals surface area contributed by atoms with Gasteiger partial charge < -0.3 is 0 Å². The molecule has 0 aromatic rings. The summed E-state index contributed by atoms with van der Waals surface area (Å²) in [6.07, 6.45) is 8.08. The van der Waals surface area contributed by atoms with E-state index in [0.29, 0.717) is 0 Å². The zero-order chi connectivity index (χ0) is 6.69. The van der Waals surface area contributed by atoms with Crippen LogP contribution < -0.4 is 0 Å². The molecular formula is C8H11I. The summed E-state index contributed by atoms with van der Waals surface area (Å²) in [5.74, 6) is 0.761. The van der Waals surface area contributed by atoms with Crippen molar-refractivity contribution < 1.29 is 0 Å². The molecular weight excluding hydrogens is 223 g/mol. The molecule has 0 fully saturated rings. The highest BCUT2D eigenvalue weighted by molar-refractivity contribution is 14.1. The van der Waals surface area contributed by atoms with Crippen LogP contribution in [0.15, 0.2) is 23.8 Å². The maximum absolute atomic E-state index is 2.39. The molecule has 0 saturated heterocycles. The van der Waals surface area contributed by atoms with E-state index in [9.17, 15) is 0 Å². The Hall–Kier alpha value is 0.210. The monoisotopic (exact) mass is 234 g/mol. The first-order chi connectivity index (χ1) is 4.33. The van der Waals surface area contributed by atoms with Crippen LogP contribution in [0.5, 0.6) is 0 Å². The average molecular weight is 234 g/mol. The molecule has 0 spiro atoms. The maximum atomic E-state index is 2.39. The van der Waals surface area contributed by atoms with Gasteiger partial charge in [0.25, 0.3) is 0 Å². The Kier molecular flexibility index (Phi) is 2.76. The zero-order valence-corrected chi connectivity index (χ0v) is 7.76. The summed E-state index contributed by atoms with van der Waals surface area (Å²) in [4.78, 5) is 0. The van der Waals surface area contributed by atoms with Gasteiger partial charge in [0.1, 0.15) is 0 Å². The number of hydrogen-bond donors (Lipinski definition) is 0. The third-order valence-electron chi connectivity index (χ3n) is 1.54. The van der Waals surface area contributed by atoms with Gasteiger partial charge in [0.15, 0.2) is 0 Å². The number of hydrogen-bond acceptors (Lipinski definition) is 0. The van der Waals surface area contributed by atoms with Crippen LogP contribution in [0, 0.1) is 5.92 Å². The highest BCUT2D eigenvalue weighted by Crippen LogP contribution is 2.16. The highest BCUT2D eigenvalue weighted by Gasteiger charge is 2.00. The van der Waals surface area contributed by atoms with E-state index in [4.69, 9.17) is 0 Å². The normalized spacial score (nSPS) is 26.0. The lowest BCUT2D eigenvalue weighted by Gasteiger charge is -2.08. The van der Waals surface area contributed by atoms with Crippen LogP contribution in [-0.4, -0.2) is 4.43 Å². The molecule has 0 radical (unpaired) electrons. The quantitative estimate of drug-likeness (QED) is 0.483. The second-order valence-corrected chi connectivity index (χ2v) is 3.25. The van der Waals surface area contributed by atoms with Gasteiger partial charge in [-0.25, -0.2) is 0 Å². The van der Waals surface area contributed by atoms with Gasteiger partial charge in [-0.05, 0) is 17.9 Å². The summed E-state index contributed by atoms with van der Waals surface area (Å²) in [5, 5.41) is 0. The van der Waals surface area contributed by atoms with Gasteiger partial charge in [0, 0.05) is 4.43 Å². The summed E-state index contributed by atoms with van der Waals surface area (Å²) >= 11 is 2.39. The van der Waals surface area contributed by atoms with Crippen molar-refractivity contribution in [1.82, 2.24) is 0 Å². The molecule has 1 rings (SSSR count). The largest absolute Gasteiger partial charge is 0.0812 e. The molecule has 0 saturated carbocycles. The molecule has 0 nitrogen and oxygen atoms in total. The van der Waals surface area contributed by atoms with Crippen molar-refractivity contribution in [3.05, 3.63) is 23.8 Å². The first kappa shape index (κ1) is 7.32. The predicted octanol–water partition coefficient (Wildman–Crippen LogP) is 2.94. The van der Waals surface area contributed by atoms with Crippen LogP contribution in [0.3, 0.4) is 0 Å². The second-order valence-electron chi connectivity index (χ2n) is 2.48. The molecule has 1 unspecified atom stereocenters. The molecule has 0 aromatic carbocycles. The van der Waals surface area contributed by atoms with Crippen LogP contribution in [0.2, 0.25) is 0 Å². The first-order valence-electron chi connectivity index (χ1n) is 3.26. The fraction of sp³-hybridized carbons (Fsp3) is 0.500. The summed E-state index contributed by atoms with van der Waals surface area (Å²) in [7, 11) is 0. The number of halogens is 1. The van der Waals surface area contributed by atoms with Gasteiger partial charge in [-0.3, -0.25) is 0 Å². The summed E-state index contributed by atoms with van der Waals surface area (Å²) in [5.41, 5.74) is 1.48. The lowest BCUT2D eigenvalue weighted by molar-refractivity contribution is 0.731. The number of rotatable bonds is 1. The van der Waals surface area contributed by atoms with E-state index in [-0.39, 0.29) is 0 Å². The Labute approximate surface area is 70.2 Å². The fourth-order valence-corrected chi connectivity index (χ4v) is 1.44. The second kappa shape index (κ2) is 3.40. The zero-order valence-electron chi connectivity index (χ0n) is 5.60. The Bertz CT molecular complexity index is 145. The van der Waals surface area contributed by atoms with Crippen LogP contribution in [-0.2, 0) is 0 Å². The Morgan fingerprint density at radius 1 is 1.78 bits per heavy atom. The first-order valence-corrected chi connectivity index (χ1v) is 4.78. The minimum atomic E-state index is 0.761. The van der Waals surface area contributed by atoms with E-state index >= 15 is 0 Å². The Morgan fingerprint density at radius 2 is 2.56 bits per heavy atom. The van der Waals surface area contributed by atoms with Gasteiger partial charge >= 0.3 is 0 Å². The topological polar surface area (TPSA) is 0 Å². The molecule has 1 aliphatic carbocycles. The third-order valence-corrected chi connectivity index (χ3v) is 2.43. The molecule has 0 bridgehead atoms. The van der Waals surface area contributed by atoms with E-state index in [1.165, 1.54) is 12.0 Å². The lowest BCUT2D eigenvalue weighted by Crippen LogP contribution is -1.94. The van der Waals surface area contributed by atoms with Gasteiger partial charge in [-0.2, -0.15) is 0 Å². The lowest BCUT2D eigenvalue weighted by atomic mass is 10.00. The smallest absolute Gasteiger partial charge is 0.0243 e. The molecule has 1 atom stereocenters. The highest BCUT2D eigenvalue weighted by atomic mass is 127. The summed E-state index contributed by atoms with van der Waals surface area (Å²) < 4.78 is 1.15. The van der Waals surface area contributed by atoms with Crippen molar-refractivity contribution in [2.45, 2.75) is 13.3 Å². The van der Waals surface area contributed by atoms with Crippen molar-refractivity contribution in [3.8, 4) is 0 Å². The van der Waals surface area contributed by atoms with Crippen LogP contribution in [0.1, 0.15) is 13.3 Å². The molecule has 50 valence electrons. The molecule has 0 N–H and O–H groups in total. The van der Waals surface area contributed by atoms with Gasteiger partial charge in [-0.15, -0.1) is 0 Å². The van der Waals surface area contributed by atoms with Gasteiger partial charge in [-0.1, -0.05) is 47.7 Å². The molecule has 1 aliphatic rings. The Morgan fingerprint density at radius 3 is 3.00 bits per heavy atom. The molecule has 9 heavy (non-hydrogen) atoms. The maximum Gasteiger partial charge on any atom is 0.0243 e. The van der Waals surface area contributed by atoms with Crippen LogP contribution in [0.4, 0.5) is 0 Å². The summed E-state index contributed by atoms with van der Waals surface area (Å²) in [6.45, 7) is 2.25. The van der Waals surface area contributed by atoms with Crippen LogP contribution >= 0.6 is 22.6 Å². The standard InChI is InChI=1S/C8H11I/c1-7-2-4-8(6-9)5-3-7/h2,4-5,7H,3,6H2,1H3. The molecule has 1 heteroatoms. The molecule has 0 aliphatic heterocycles. The van der Waals surface area contributed by atoms with Crippen molar-refractivity contribution in [2.75, 3.05) is 4.43 Å². The molecule has 0 amide bonds. The van der Waals surface area contributed by atoms with Crippen molar-refractivity contribution >= 4 is 22.6 Å². The van der Waals surface area contributed by atoms with Gasteiger partial charge in [0.2, 0.25) is 0 Å². The third kappa shape index (κ3) is 2.12. The fourth-order valence-electron chi connectivity index (χ4n) is 0.871. The van der Waals surface area contributed by atoms with Gasteiger partial charge in [0.05, 0.1) is 0 Å². The van der Waals surface area contributed by atoms with E-state index < -0.39 is 0 Å².